The summed E-state index contributed by atoms with van der Waals surface area (Å²) in [5, 5.41) is 0. The molecule has 0 aliphatic heterocycles. The normalized spacial score (nSPS) is 11.5. The van der Waals surface area contributed by atoms with Crippen LogP contribution >= 0.6 is 0 Å². The Hall–Kier alpha value is -2.64. The lowest BCUT2D eigenvalue weighted by Gasteiger charge is -2.27. The molecule has 0 saturated heterocycles. The molecule has 8 heteroatoms. The molecule has 1 amide bonds. The minimum atomic E-state index is -4.49. The highest BCUT2D eigenvalue weighted by Crippen LogP contribution is 2.32. The van der Waals surface area contributed by atoms with Gasteiger partial charge in [-0.25, -0.2) is 4.98 Å². The van der Waals surface area contributed by atoms with Gasteiger partial charge in [-0.1, -0.05) is 6.07 Å². The van der Waals surface area contributed by atoms with Gasteiger partial charge in [0.05, 0.1) is 25.1 Å². The van der Waals surface area contributed by atoms with Crippen LogP contribution in [-0.2, 0) is 6.18 Å². The van der Waals surface area contributed by atoms with Crippen LogP contribution in [0.25, 0.3) is 0 Å². The summed E-state index contributed by atoms with van der Waals surface area (Å²) in [4.78, 5) is 21.8. The molecule has 0 atom stereocenters. The lowest BCUT2D eigenvalue weighted by Crippen LogP contribution is -2.37. The van der Waals surface area contributed by atoms with E-state index in [-0.39, 0.29) is 23.3 Å². The molecule has 0 radical (unpaired) electrons. The van der Waals surface area contributed by atoms with Crippen molar-refractivity contribution in [3.8, 4) is 5.88 Å². The zero-order valence-corrected chi connectivity index (χ0v) is 13.3. The fourth-order valence-corrected chi connectivity index (χ4v) is 2.15. The Morgan fingerprint density at radius 3 is 2.54 bits per heavy atom. The van der Waals surface area contributed by atoms with E-state index in [1.54, 1.807) is 13.8 Å². The molecule has 0 fully saturated rings. The second-order valence-corrected chi connectivity index (χ2v) is 5.26. The number of rotatable bonds is 4. The summed E-state index contributed by atoms with van der Waals surface area (Å²) in [7, 11) is 1.38. The van der Waals surface area contributed by atoms with Crippen molar-refractivity contribution in [3.63, 3.8) is 0 Å². The van der Waals surface area contributed by atoms with E-state index in [1.807, 2.05) is 0 Å². The van der Waals surface area contributed by atoms with Crippen molar-refractivity contribution in [3.05, 3.63) is 47.9 Å². The fraction of sp³-hybridized carbons (Fsp3) is 0.312. The number of anilines is 1. The molecule has 0 aliphatic carbocycles. The average molecular weight is 339 g/mol. The molecule has 0 saturated carbocycles. The molecule has 0 spiro atoms. The van der Waals surface area contributed by atoms with Gasteiger partial charge in [0, 0.05) is 11.7 Å². The number of ether oxygens (including phenoxy) is 1. The minimum Gasteiger partial charge on any atom is -0.480 e. The first-order chi connectivity index (χ1) is 11.2. The Balaban J connectivity index is 2.44. The van der Waals surface area contributed by atoms with Crippen LogP contribution in [0.2, 0.25) is 0 Å². The van der Waals surface area contributed by atoms with Crippen molar-refractivity contribution in [1.29, 1.82) is 0 Å². The Bertz CT molecular complexity index is 733. The monoisotopic (exact) mass is 339 g/mol. The maximum Gasteiger partial charge on any atom is 0.416 e. The lowest BCUT2D eigenvalue weighted by molar-refractivity contribution is -0.137. The highest BCUT2D eigenvalue weighted by molar-refractivity contribution is 6.05. The topological polar surface area (TPSA) is 55.3 Å². The van der Waals surface area contributed by atoms with Crippen molar-refractivity contribution < 1.29 is 22.7 Å². The number of benzene rings is 1. The lowest BCUT2D eigenvalue weighted by atomic mass is 10.1. The van der Waals surface area contributed by atoms with Crippen molar-refractivity contribution in [2.75, 3.05) is 12.0 Å². The molecule has 5 nitrogen and oxygen atoms in total. The van der Waals surface area contributed by atoms with Gasteiger partial charge < -0.3 is 9.64 Å². The zero-order chi connectivity index (χ0) is 17.9. The number of hydrogen-bond acceptors (Lipinski definition) is 4. The van der Waals surface area contributed by atoms with Crippen LogP contribution in [0.15, 0.2) is 36.7 Å². The molecule has 0 aliphatic rings. The van der Waals surface area contributed by atoms with Crippen LogP contribution in [0.5, 0.6) is 5.88 Å². The fourth-order valence-electron chi connectivity index (χ4n) is 2.15. The molecule has 0 bridgehead atoms. The number of halogens is 3. The molecule has 1 heterocycles. The molecule has 128 valence electrons. The highest BCUT2D eigenvalue weighted by Gasteiger charge is 2.32. The van der Waals surface area contributed by atoms with Crippen molar-refractivity contribution in [1.82, 2.24) is 9.97 Å². The van der Waals surface area contributed by atoms with Gasteiger partial charge in [-0.05, 0) is 32.0 Å². The van der Waals surface area contributed by atoms with Gasteiger partial charge in [-0.3, -0.25) is 9.78 Å². The molecule has 2 aromatic rings. The first-order valence-corrected chi connectivity index (χ1v) is 7.11. The standard InChI is InChI=1S/C16H16F3N3O2/c1-10(2)22(12-6-4-5-11(7-12)16(17,18)19)15(23)13-8-20-9-14(21-13)24-3/h4-10H,1-3H3. The van der Waals surface area contributed by atoms with Crippen molar-refractivity contribution in [2.24, 2.45) is 0 Å². The van der Waals surface area contributed by atoms with E-state index in [9.17, 15) is 18.0 Å². The van der Waals surface area contributed by atoms with E-state index in [4.69, 9.17) is 4.74 Å². The number of methoxy groups -OCH3 is 1. The summed E-state index contributed by atoms with van der Waals surface area (Å²) >= 11 is 0. The first-order valence-electron chi connectivity index (χ1n) is 7.11. The van der Waals surface area contributed by atoms with Crippen LogP contribution in [0.4, 0.5) is 18.9 Å². The third-order valence-corrected chi connectivity index (χ3v) is 3.23. The van der Waals surface area contributed by atoms with Gasteiger partial charge in [0.25, 0.3) is 5.91 Å². The molecule has 0 unspecified atom stereocenters. The second-order valence-electron chi connectivity index (χ2n) is 5.26. The van der Waals surface area contributed by atoms with Gasteiger partial charge in [-0.15, -0.1) is 0 Å². The van der Waals surface area contributed by atoms with E-state index in [1.165, 1.54) is 36.5 Å². The summed E-state index contributed by atoms with van der Waals surface area (Å²) in [6.45, 7) is 3.40. The van der Waals surface area contributed by atoms with Crippen molar-refractivity contribution in [2.45, 2.75) is 26.1 Å². The van der Waals surface area contributed by atoms with Gasteiger partial charge >= 0.3 is 6.18 Å². The third-order valence-electron chi connectivity index (χ3n) is 3.23. The number of hydrogen-bond donors (Lipinski definition) is 0. The van der Waals surface area contributed by atoms with E-state index in [2.05, 4.69) is 9.97 Å². The summed E-state index contributed by atoms with van der Waals surface area (Å²) in [5.74, 6) is -0.413. The molecular formula is C16H16F3N3O2. The molecule has 1 aromatic carbocycles. The molecule has 0 N–H and O–H groups in total. The number of carbonyl (C=O) groups excluding carboxylic acids is 1. The van der Waals surface area contributed by atoms with Gasteiger partial charge in [0.1, 0.15) is 0 Å². The SMILES string of the molecule is COc1cncc(C(=O)N(c2cccc(C(F)(F)F)c2)C(C)C)n1. The quantitative estimate of drug-likeness (QED) is 0.855. The molecule has 2 rings (SSSR count). The highest BCUT2D eigenvalue weighted by atomic mass is 19.4. The Morgan fingerprint density at radius 1 is 1.25 bits per heavy atom. The smallest absolute Gasteiger partial charge is 0.416 e. The van der Waals surface area contributed by atoms with E-state index in [0.717, 1.165) is 12.1 Å². The third kappa shape index (κ3) is 3.81. The minimum absolute atomic E-state index is 0.0135. The summed E-state index contributed by atoms with van der Waals surface area (Å²) < 4.78 is 43.7. The second kappa shape index (κ2) is 6.86. The Labute approximate surface area is 137 Å². The summed E-state index contributed by atoms with van der Waals surface area (Å²) in [5.41, 5.74) is -0.704. The largest absolute Gasteiger partial charge is 0.480 e. The number of aromatic nitrogens is 2. The maximum absolute atomic E-state index is 12.9. The summed E-state index contributed by atoms with van der Waals surface area (Å²) in [6, 6.07) is 4.22. The summed E-state index contributed by atoms with van der Waals surface area (Å²) in [6.07, 6.45) is -1.91. The molecule has 1 aromatic heterocycles. The predicted molar refractivity (Wildman–Crippen MR) is 82.0 cm³/mol. The maximum atomic E-state index is 12.9. The van der Waals surface area contributed by atoms with Crippen molar-refractivity contribution >= 4 is 11.6 Å². The first kappa shape index (κ1) is 17.7. The molecule has 24 heavy (non-hydrogen) atoms. The molecular weight excluding hydrogens is 323 g/mol. The number of amides is 1. The van der Waals surface area contributed by atoms with Gasteiger partial charge in [-0.2, -0.15) is 13.2 Å². The Morgan fingerprint density at radius 2 is 1.96 bits per heavy atom. The van der Waals surface area contributed by atoms with Crippen LogP contribution < -0.4 is 9.64 Å². The van der Waals surface area contributed by atoms with Crippen LogP contribution in [0.3, 0.4) is 0 Å². The van der Waals surface area contributed by atoms with Crippen LogP contribution in [-0.4, -0.2) is 29.0 Å². The number of nitrogens with zero attached hydrogens (tertiary/aromatic N) is 3. The van der Waals surface area contributed by atoms with Gasteiger partial charge in [0.15, 0.2) is 5.69 Å². The van der Waals surface area contributed by atoms with E-state index >= 15 is 0 Å². The number of carbonyl (C=O) groups is 1. The average Bonchev–Trinajstić information content (AvgIpc) is 2.54. The van der Waals surface area contributed by atoms with E-state index in [0.29, 0.717) is 0 Å². The van der Waals surface area contributed by atoms with E-state index < -0.39 is 17.6 Å². The predicted octanol–water partition coefficient (Wildman–Crippen LogP) is 3.56. The van der Waals surface area contributed by atoms with Gasteiger partial charge in [0.2, 0.25) is 5.88 Å². The Kier molecular flexibility index (Phi) is 5.06. The van der Waals surface area contributed by atoms with Crippen LogP contribution in [0.1, 0.15) is 29.9 Å². The number of alkyl halides is 3. The van der Waals surface area contributed by atoms with Crippen LogP contribution in [0, 0.1) is 0 Å². The zero-order valence-electron chi connectivity index (χ0n) is 13.3.